The molecule has 0 bridgehead atoms. The summed E-state index contributed by atoms with van der Waals surface area (Å²) in [5.74, 6) is -2.24. The van der Waals surface area contributed by atoms with E-state index in [-0.39, 0.29) is 25.7 Å². The minimum atomic E-state index is -4.98. The van der Waals surface area contributed by atoms with Crippen LogP contribution in [-0.4, -0.2) is 96.7 Å². The number of hydrogen-bond acceptors (Lipinski definition) is 15. The molecule has 19 heteroatoms. The molecule has 0 amide bonds. The molecule has 0 heterocycles. The first kappa shape index (κ1) is 92.5. The van der Waals surface area contributed by atoms with E-state index in [1.807, 2.05) is 12.2 Å². The van der Waals surface area contributed by atoms with Gasteiger partial charge < -0.3 is 33.8 Å². The molecule has 5 atom stereocenters. The second-order valence-corrected chi connectivity index (χ2v) is 28.5. The average Bonchev–Trinajstić information content (AvgIpc) is 1.41. The van der Waals surface area contributed by atoms with Crippen LogP contribution >= 0.6 is 15.6 Å². The summed E-state index contributed by atoms with van der Waals surface area (Å²) in [6, 6.07) is 0. The van der Waals surface area contributed by atoms with Gasteiger partial charge in [0.25, 0.3) is 0 Å². The highest BCUT2D eigenvalue weighted by atomic mass is 31.2. The fraction of sp³-hybridized carbons (Fsp3) is 0.792. The Labute approximate surface area is 583 Å². The second kappa shape index (κ2) is 70.0. The van der Waals surface area contributed by atoms with Gasteiger partial charge in [0.15, 0.2) is 12.2 Å². The number of allylic oxidation sites excluding steroid dienone is 12. The Morgan fingerprint density at radius 3 is 0.833 bits per heavy atom. The number of rotatable bonds is 72. The molecule has 0 aromatic carbocycles. The van der Waals surface area contributed by atoms with E-state index in [9.17, 15) is 43.2 Å². The fourth-order valence-electron chi connectivity index (χ4n) is 10.4. The van der Waals surface area contributed by atoms with E-state index >= 15 is 0 Å². The predicted molar refractivity (Wildman–Crippen MR) is 390 cm³/mol. The molecule has 0 radical (unpaired) electrons. The van der Waals surface area contributed by atoms with Crippen LogP contribution in [0.3, 0.4) is 0 Å². The molecule has 96 heavy (non-hydrogen) atoms. The number of ether oxygens (including phenoxy) is 4. The van der Waals surface area contributed by atoms with Crippen LogP contribution in [0.5, 0.6) is 0 Å². The lowest BCUT2D eigenvalue weighted by Gasteiger charge is -2.21. The molecule has 3 N–H and O–H groups in total. The number of esters is 4. The Morgan fingerprint density at radius 2 is 0.542 bits per heavy atom. The predicted octanol–water partition coefficient (Wildman–Crippen LogP) is 21.7. The molecule has 0 aromatic rings. The summed E-state index contributed by atoms with van der Waals surface area (Å²) in [4.78, 5) is 72.7. The van der Waals surface area contributed by atoms with Gasteiger partial charge >= 0.3 is 39.5 Å². The van der Waals surface area contributed by atoms with E-state index in [2.05, 4.69) is 88.5 Å². The van der Waals surface area contributed by atoms with Crippen molar-refractivity contribution in [2.75, 3.05) is 39.6 Å². The van der Waals surface area contributed by atoms with Gasteiger partial charge in [-0.15, -0.1) is 0 Å². The van der Waals surface area contributed by atoms with E-state index < -0.39 is 97.5 Å². The SMILES string of the molecule is CC/C=C\C/C=C\C/C=C\C/C=C\C/C=C\C/C=C\CCC(=O)OCC(COP(=O)(O)OCC(O)COP(=O)(O)OCC(COC(=O)CCCCCCCCCCCCC)OC(=O)CCCCCCCCCCCCC)OC(=O)CCCCCCCCCCCCCCCCC. The van der Waals surface area contributed by atoms with Crippen molar-refractivity contribution in [3.8, 4) is 0 Å². The smallest absolute Gasteiger partial charge is 0.462 e. The topological polar surface area (TPSA) is 237 Å². The summed E-state index contributed by atoms with van der Waals surface area (Å²) in [6.45, 7) is 4.71. The number of carbonyl (C=O) groups excluding carboxylic acids is 4. The average molecular weight is 1400 g/mol. The molecule has 0 spiro atoms. The van der Waals surface area contributed by atoms with Crippen LogP contribution in [-0.2, 0) is 65.4 Å². The van der Waals surface area contributed by atoms with Crippen LogP contribution in [0.4, 0.5) is 0 Å². The minimum absolute atomic E-state index is 0.0404. The number of aliphatic hydroxyl groups excluding tert-OH is 1. The van der Waals surface area contributed by atoms with E-state index in [0.717, 1.165) is 103 Å². The Bertz CT molecular complexity index is 2110. The Hall–Kier alpha value is -3.50. The van der Waals surface area contributed by atoms with Crippen LogP contribution in [0.25, 0.3) is 0 Å². The van der Waals surface area contributed by atoms with Gasteiger partial charge in [0.05, 0.1) is 26.4 Å². The van der Waals surface area contributed by atoms with E-state index in [1.165, 1.54) is 148 Å². The fourth-order valence-corrected chi connectivity index (χ4v) is 12.0. The zero-order valence-corrected chi connectivity index (χ0v) is 62.6. The first-order chi connectivity index (χ1) is 46.7. The summed E-state index contributed by atoms with van der Waals surface area (Å²) in [5.41, 5.74) is 0. The second-order valence-electron chi connectivity index (χ2n) is 25.6. The zero-order valence-electron chi connectivity index (χ0n) is 60.8. The lowest BCUT2D eigenvalue weighted by molar-refractivity contribution is -0.161. The van der Waals surface area contributed by atoms with Crippen molar-refractivity contribution in [1.29, 1.82) is 0 Å². The molecule has 0 aliphatic heterocycles. The first-order valence-electron chi connectivity index (χ1n) is 38.2. The molecule has 0 rings (SSSR count). The number of hydrogen-bond donors (Lipinski definition) is 3. The molecule has 5 unspecified atom stereocenters. The molecule has 0 saturated heterocycles. The standard InChI is InChI=1S/C77H138O17P2/c1-5-9-13-17-21-25-29-31-33-34-35-36-38-39-43-46-50-54-58-62-75(80)88-68-73(94-77(82)64-60-56-52-48-44-40-37-32-30-26-22-18-14-10-6-2)70-92-96(85,86)90-66-71(78)65-89-95(83,84)91-69-72(93-76(81)63-59-55-51-47-42-28-24-20-16-12-8-4)67-87-74(79)61-57-53-49-45-41-27-23-19-15-11-7-3/h9,13,21,25,31,33,35-36,39,43,50,54,71-73,78H,5-8,10-12,14-20,22-24,26-30,32,34,37-38,40-42,44-49,51-53,55-70H2,1-4H3,(H,83,84)(H,85,86)/b13-9-,25-21-,33-31-,36-35-,43-39-,54-50-. The Kier molecular flexibility index (Phi) is 67.4. The van der Waals surface area contributed by atoms with Crippen LogP contribution in [0.15, 0.2) is 72.9 Å². The van der Waals surface area contributed by atoms with Gasteiger partial charge in [0, 0.05) is 25.7 Å². The van der Waals surface area contributed by atoms with Crippen molar-refractivity contribution in [3.63, 3.8) is 0 Å². The van der Waals surface area contributed by atoms with Gasteiger partial charge in [-0.05, 0) is 64.2 Å². The maximum absolute atomic E-state index is 13.1. The molecule has 0 aromatic heterocycles. The number of phosphoric ester groups is 2. The third-order valence-corrected chi connectivity index (χ3v) is 18.1. The van der Waals surface area contributed by atoms with Crippen molar-refractivity contribution in [3.05, 3.63) is 72.9 Å². The Morgan fingerprint density at radius 1 is 0.302 bits per heavy atom. The number of aliphatic hydroxyl groups is 1. The molecule has 0 aliphatic carbocycles. The largest absolute Gasteiger partial charge is 0.472 e. The highest BCUT2D eigenvalue weighted by Crippen LogP contribution is 2.45. The first-order valence-corrected chi connectivity index (χ1v) is 41.2. The molecule has 0 saturated carbocycles. The van der Waals surface area contributed by atoms with Crippen molar-refractivity contribution in [1.82, 2.24) is 0 Å². The quantitative estimate of drug-likeness (QED) is 0.0169. The highest BCUT2D eigenvalue weighted by Gasteiger charge is 2.30. The summed E-state index contributed by atoms with van der Waals surface area (Å²) in [6.07, 6.45) is 69.1. The molecule has 0 fully saturated rings. The van der Waals surface area contributed by atoms with Crippen LogP contribution in [0, 0.1) is 0 Å². The maximum atomic E-state index is 13.1. The van der Waals surface area contributed by atoms with Crippen LogP contribution in [0.1, 0.15) is 336 Å². The van der Waals surface area contributed by atoms with Gasteiger partial charge in [0.1, 0.15) is 19.3 Å². The zero-order chi connectivity index (χ0) is 70.4. The van der Waals surface area contributed by atoms with E-state index in [1.54, 1.807) is 0 Å². The number of phosphoric acid groups is 2. The third kappa shape index (κ3) is 69.0. The van der Waals surface area contributed by atoms with Crippen LogP contribution in [0.2, 0.25) is 0 Å². The third-order valence-electron chi connectivity index (χ3n) is 16.2. The van der Waals surface area contributed by atoms with Gasteiger partial charge in [0.2, 0.25) is 0 Å². The highest BCUT2D eigenvalue weighted by molar-refractivity contribution is 7.47. The minimum Gasteiger partial charge on any atom is -0.462 e. The van der Waals surface area contributed by atoms with Gasteiger partial charge in [-0.1, -0.05) is 319 Å². The summed E-state index contributed by atoms with van der Waals surface area (Å²) in [5, 5.41) is 10.6. The van der Waals surface area contributed by atoms with Crippen molar-refractivity contribution in [2.45, 2.75) is 354 Å². The van der Waals surface area contributed by atoms with E-state index in [0.29, 0.717) is 32.1 Å². The number of unbranched alkanes of at least 4 members (excludes halogenated alkanes) is 34. The number of carbonyl (C=O) groups is 4. The van der Waals surface area contributed by atoms with Gasteiger partial charge in [-0.3, -0.25) is 37.3 Å². The molecule has 0 aliphatic rings. The van der Waals surface area contributed by atoms with Crippen molar-refractivity contribution >= 4 is 39.5 Å². The van der Waals surface area contributed by atoms with Gasteiger partial charge in [-0.2, -0.15) is 0 Å². The lowest BCUT2D eigenvalue weighted by Crippen LogP contribution is -2.30. The van der Waals surface area contributed by atoms with Gasteiger partial charge in [-0.25, -0.2) is 9.13 Å². The normalized spacial score (nSPS) is 14.4. The van der Waals surface area contributed by atoms with Crippen molar-refractivity contribution < 1.29 is 80.2 Å². The van der Waals surface area contributed by atoms with Crippen LogP contribution < -0.4 is 0 Å². The molecular weight excluding hydrogens is 1260 g/mol. The lowest BCUT2D eigenvalue weighted by atomic mass is 10.0. The summed E-state index contributed by atoms with van der Waals surface area (Å²) in [7, 11) is -9.94. The maximum Gasteiger partial charge on any atom is 0.472 e. The summed E-state index contributed by atoms with van der Waals surface area (Å²) < 4.78 is 68.3. The summed E-state index contributed by atoms with van der Waals surface area (Å²) >= 11 is 0. The molecule has 17 nitrogen and oxygen atoms in total. The monoisotopic (exact) mass is 1400 g/mol. The molecule has 558 valence electrons. The molecular formula is C77H138O17P2. The Balaban J connectivity index is 5.35. The van der Waals surface area contributed by atoms with Crippen molar-refractivity contribution in [2.24, 2.45) is 0 Å². The van der Waals surface area contributed by atoms with E-state index in [4.69, 9.17) is 37.0 Å².